The molecule has 1 atom stereocenters. The predicted molar refractivity (Wildman–Crippen MR) is 180 cm³/mol. The number of alkyl halides is 3. The second-order valence-electron chi connectivity index (χ2n) is 13.2. The molecule has 4 heterocycles. The van der Waals surface area contributed by atoms with E-state index in [9.17, 15) is 22.8 Å². The van der Waals surface area contributed by atoms with Gasteiger partial charge in [0.25, 0.3) is 5.56 Å². The van der Waals surface area contributed by atoms with Gasteiger partial charge in [0.2, 0.25) is 0 Å². The number of thiophene rings is 1. The fourth-order valence-corrected chi connectivity index (χ4v) is 8.70. The van der Waals surface area contributed by atoms with E-state index in [1.807, 2.05) is 26.0 Å². The number of aromatic nitrogens is 3. The van der Waals surface area contributed by atoms with Crippen molar-refractivity contribution in [2.45, 2.75) is 82.8 Å². The van der Waals surface area contributed by atoms with E-state index in [-0.39, 0.29) is 30.2 Å². The molecule has 3 aliphatic rings. The van der Waals surface area contributed by atoms with Crippen molar-refractivity contribution in [2.24, 2.45) is 0 Å². The maximum Gasteiger partial charge on any atom is 0.522 e. The minimum absolute atomic E-state index is 0.0676. The Morgan fingerprint density at radius 2 is 1.88 bits per heavy atom. The quantitative estimate of drug-likeness (QED) is 0.180. The maximum atomic E-state index is 14.1. The minimum Gasteiger partial charge on any atom is -0.491 e. The highest BCUT2D eigenvalue weighted by Gasteiger charge is 2.53. The lowest BCUT2D eigenvalue weighted by Gasteiger charge is -2.41. The fraction of sp³-hybridized carbons (Fsp3) is 0.486. The van der Waals surface area contributed by atoms with Crippen LogP contribution in [0.4, 0.5) is 13.2 Å². The maximum absolute atomic E-state index is 14.1. The molecule has 1 saturated heterocycles. The van der Waals surface area contributed by atoms with Gasteiger partial charge >= 0.3 is 12.3 Å². The molecule has 260 valence electrons. The number of carbonyl (C=O) groups is 1. The third-order valence-corrected chi connectivity index (χ3v) is 11.3. The third-order valence-electron chi connectivity index (χ3n) is 10.0. The summed E-state index contributed by atoms with van der Waals surface area (Å²) in [6.45, 7) is 5.14. The average molecular weight is 717 g/mol. The number of hydrogen-bond acceptors (Lipinski definition) is 9. The second kappa shape index (κ2) is 13.0. The first-order valence-electron chi connectivity index (χ1n) is 16.3. The van der Waals surface area contributed by atoms with Crippen molar-refractivity contribution in [3.63, 3.8) is 0 Å². The van der Waals surface area contributed by atoms with Crippen LogP contribution >= 0.6 is 22.9 Å². The fourth-order valence-electron chi connectivity index (χ4n) is 7.52. The lowest BCUT2D eigenvalue weighted by molar-refractivity contribution is -0.346. The molecule has 14 heteroatoms. The Balaban J connectivity index is 1.11. The van der Waals surface area contributed by atoms with Crippen LogP contribution in [0, 0.1) is 13.8 Å². The molecule has 4 aromatic rings. The first-order valence-corrected chi connectivity index (χ1v) is 17.6. The lowest BCUT2D eigenvalue weighted by atomic mass is 9.80. The molecule has 0 radical (unpaired) electrons. The van der Waals surface area contributed by atoms with Crippen molar-refractivity contribution in [3.8, 4) is 16.9 Å². The number of fused-ring (bicyclic) bond motifs is 3. The molecule has 1 aromatic carbocycles. The highest BCUT2D eigenvalue weighted by Crippen LogP contribution is 2.55. The SMILES string of the molecule is COC(=O)c1csc2c(-c3cc(Cl)ccc3OCCn3c(C)nc4c(c3=O)C[C@@H](N3CCC(OC(F)(F)F)CC3)CC43CC3)cc(C)nc12. The van der Waals surface area contributed by atoms with Crippen LogP contribution < -0.4 is 10.3 Å². The standard InChI is InChI=1S/C35H36ClF3N4O5S/c1-19-14-25(30-29(40-19)27(18-49-30)33(45)46-3)24-15-21(36)4-5-28(24)47-13-12-43-20(2)41-31-26(32(43)44)16-22(17-34(31)8-9-34)42-10-6-23(7-11-42)48-35(37,38)39/h4-5,14-15,18,22-23H,6-13,16-17H2,1-3H3/t22-/m1/s1. The van der Waals surface area contributed by atoms with Crippen molar-refractivity contribution >= 4 is 39.1 Å². The second-order valence-corrected chi connectivity index (χ2v) is 14.5. The Labute approximate surface area is 290 Å². The Hall–Kier alpha value is -3.52. The first kappa shape index (κ1) is 34.0. The number of aryl methyl sites for hydroxylation is 2. The van der Waals surface area contributed by atoms with E-state index in [2.05, 4.69) is 14.6 Å². The monoisotopic (exact) mass is 716 g/mol. The van der Waals surface area contributed by atoms with Crippen LogP contribution in [0.5, 0.6) is 5.75 Å². The number of benzene rings is 1. The number of rotatable bonds is 8. The molecule has 9 nitrogen and oxygen atoms in total. The number of carbonyl (C=O) groups excluding carboxylic acids is 1. The van der Waals surface area contributed by atoms with Gasteiger partial charge in [0.15, 0.2) is 0 Å². The lowest BCUT2D eigenvalue weighted by Crippen LogP contribution is -2.50. The van der Waals surface area contributed by atoms with Gasteiger partial charge < -0.3 is 9.47 Å². The summed E-state index contributed by atoms with van der Waals surface area (Å²) in [4.78, 5) is 38.3. The van der Waals surface area contributed by atoms with Crippen molar-refractivity contribution in [1.82, 2.24) is 19.4 Å². The van der Waals surface area contributed by atoms with Gasteiger partial charge in [-0.05, 0) is 76.6 Å². The molecule has 1 spiro atoms. The van der Waals surface area contributed by atoms with E-state index in [1.54, 1.807) is 22.1 Å². The summed E-state index contributed by atoms with van der Waals surface area (Å²) in [6.07, 6.45) is -1.57. The topological polar surface area (TPSA) is 95.8 Å². The van der Waals surface area contributed by atoms with Gasteiger partial charge in [-0.2, -0.15) is 0 Å². The number of likely N-dealkylation sites (tertiary alicyclic amines) is 1. The number of piperidine rings is 1. The molecular weight excluding hydrogens is 681 g/mol. The molecule has 0 N–H and O–H groups in total. The number of nitrogens with zero attached hydrogens (tertiary/aromatic N) is 4. The zero-order valence-electron chi connectivity index (χ0n) is 27.4. The van der Waals surface area contributed by atoms with E-state index < -0.39 is 18.4 Å². The first-order chi connectivity index (χ1) is 23.4. The molecule has 49 heavy (non-hydrogen) atoms. The van der Waals surface area contributed by atoms with Gasteiger partial charge in [0, 0.05) is 57.3 Å². The molecule has 1 saturated carbocycles. The van der Waals surface area contributed by atoms with Gasteiger partial charge in [-0.1, -0.05) is 11.6 Å². The Morgan fingerprint density at radius 3 is 2.57 bits per heavy atom. The summed E-state index contributed by atoms with van der Waals surface area (Å²) >= 11 is 7.84. The van der Waals surface area contributed by atoms with Gasteiger partial charge in [-0.3, -0.25) is 24.0 Å². The molecule has 2 aliphatic carbocycles. The molecule has 0 bridgehead atoms. The van der Waals surface area contributed by atoms with Gasteiger partial charge in [-0.15, -0.1) is 24.5 Å². The van der Waals surface area contributed by atoms with E-state index in [0.29, 0.717) is 71.3 Å². The molecule has 0 amide bonds. The number of hydrogen-bond donors (Lipinski definition) is 0. The number of ether oxygens (including phenoxy) is 3. The summed E-state index contributed by atoms with van der Waals surface area (Å²) in [6, 6.07) is 7.34. The summed E-state index contributed by atoms with van der Waals surface area (Å²) < 4.78 is 56.4. The summed E-state index contributed by atoms with van der Waals surface area (Å²) in [5, 5.41) is 2.25. The minimum atomic E-state index is -4.63. The zero-order valence-corrected chi connectivity index (χ0v) is 28.9. The zero-order chi connectivity index (χ0) is 34.7. The number of halogens is 4. The van der Waals surface area contributed by atoms with E-state index >= 15 is 0 Å². The largest absolute Gasteiger partial charge is 0.522 e. The van der Waals surface area contributed by atoms with Crippen LogP contribution in [0.1, 0.15) is 65.2 Å². The summed E-state index contributed by atoms with van der Waals surface area (Å²) in [5.41, 5.74) is 4.56. The molecule has 3 aromatic heterocycles. The predicted octanol–water partition coefficient (Wildman–Crippen LogP) is 7.00. The average Bonchev–Trinajstić information content (AvgIpc) is 3.70. The van der Waals surface area contributed by atoms with Crippen LogP contribution in [-0.2, 0) is 27.9 Å². The van der Waals surface area contributed by atoms with Crippen LogP contribution in [0.3, 0.4) is 0 Å². The van der Waals surface area contributed by atoms with E-state index in [0.717, 1.165) is 40.8 Å². The smallest absolute Gasteiger partial charge is 0.491 e. The molecular formula is C35H36ClF3N4O5S. The van der Waals surface area contributed by atoms with E-state index in [1.165, 1.54) is 18.4 Å². The number of pyridine rings is 1. The number of esters is 1. The highest BCUT2D eigenvalue weighted by molar-refractivity contribution is 7.18. The van der Waals surface area contributed by atoms with Gasteiger partial charge in [-0.25, -0.2) is 9.78 Å². The van der Waals surface area contributed by atoms with Crippen LogP contribution in [0.15, 0.2) is 34.4 Å². The van der Waals surface area contributed by atoms with E-state index in [4.69, 9.17) is 26.1 Å². The van der Waals surface area contributed by atoms with Crippen LogP contribution in [0.25, 0.3) is 21.3 Å². The van der Waals surface area contributed by atoms with Crippen molar-refractivity contribution < 1.29 is 32.2 Å². The normalized spacial score (nSPS) is 19.3. The molecule has 1 aliphatic heterocycles. The Morgan fingerprint density at radius 1 is 1.12 bits per heavy atom. The molecule has 7 rings (SSSR count). The van der Waals surface area contributed by atoms with Gasteiger partial charge in [0.1, 0.15) is 18.2 Å². The van der Waals surface area contributed by atoms with Crippen LogP contribution in [-0.4, -0.2) is 70.7 Å². The third kappa shape index (κ3) is 6.70. The Bertz CT molecular complexity index is 1980. The van der Waals surface area contributed by atoms with Gasteiger partial charge in [0.05, 0.1) is 41.2 Å². The van der Waals surface area contributed by atoms with Crippen molar-refractivity contribution in [2.75, 3.05) is 26.8 Å². The highest BCUT2D eigenvalue weighted by atomic mass is 35.5. The summed E-state index contributed by atoms with van der Waals surface area (Å²) in [5.74, 6) is 0.728. The van der Waals surface area contributed by atoms with Crippen molar-refractivity contribution in [1.29, 1.82) is 0 Å². The van der Waals surface area contributed by atoms with Crippen LogP contribution in [0.2, 0.25) is 5.02 Å². The Kier molecular flexibility index (Phi) is 9.00. The molecule has 2 fully saturated rings. The molecule has 0 unspecified atom stereocenters. The number of methoxy groups -OCH3 is 1. The summed E-state index contributed by atoms with van der Waals surface area (Å²) in [7, 11) is 1.34. The van der Waals surface area contributed by atoms with Crippen molar-refractivity contribution in [3.05, 3.63) is 73.4 Å².